The number of nitrogens with one attached hydrogen (secondary N) is 1. The molecular formula is C27H46N4O4S. The van der Waals surface area contributed by atoms with Crippen molar-refractivity contribution < 1.29 is 17.9 Å². The van der Waals surface area contributed by atoms with E-state index in [0.29, 0.717) is 22.9 Å². The maximum atomic E-state index is 13.2. The Morgan fingerprint density at radius 3 is 2.14 bits per heavy atom. The van der Waals surface area contributed by atoms with Gasteiger partial charge in [-0.15, -0.1) is 0 Å². The van der Waals surface area contributed by atoms with E-state index in [4.69, 9.17) is 4.74 Å². The molecular weight excluding hydrogens is 476 g/mol. The molecule has 8 nitrogen and oxygen atoms in total. The third-order valence-electron chi connectivity index (χ3n) is 7.84. The van der Waals surface area contributed by atoms with E-state index in [1.807, 2.05) is 0 Å². The molecule has 1 aliphatic heterocycles. The predicted molar refractivity (Wildman–Crippen MR) is 144 cm³/mol. The molecule has 0 atom stereocenters. The summed E-state index contributed by atoms with van der Waals surface area (Å²) >= 11 is 0. The summed E-state index contributed by atoms with van der Waals surface area (Å²) in [5.74, 6) is 1.37. The molecule has 1 N–H and O–H groups in total. The van der Waals surface area contributed by atoms with Crippen LogP contribution in [0.4, 0.5) is 0 Å². The summed E-state index contributed by atoms with van der Waals surface area (Å²) < 4.78 is 32.9. The zero-order chi connectivity index (χ0) is 26.5. The summed E-state index contributed by atoms with van der Waals surface area (Å²) in [4.78, 5) is 17.9. The third-order valence-corrected chi connectivity index (χ3v) is 10.0. The molecule has 0 aromatic heterocycles. The van der Waals surface area contributed by atoms with Crippen LogP contribution in [0.15, 0.2) is 17.0 Å². The number of hydrogen-bond acceptors (Lipinski definition) is 6. The molecule has 3 rings (SSSR count). The van der Waals surface area contributed by atoms with Crippen molar-refractivity contribution >= 4 is 15.9 Å². The van der Waals surface area contributed by atoms with Gasteiger partial charge in [0.25, 0.3) is 0 Å². The van der Waals surface area contributed by atoms with Gasteiger partial charge in [0, 0.05) is 38.6 Å². The highest BCUT2D eigenvalue weighted by molar-refractivity contribution is 7.89. The van der Waals surface area contributed by atoms with Crippen LogP contribution >= 0.6 is 0 Å². The number of piperidine rings is 1. The summed E-state index contributed by atoms with van der Waals surface area (Å²) in [6, 6.07) is 4.27. The number of aryl methyl sites for hydroxylation is 2. The van der Waals surface area contributed by atoms with Gasteiger partial charge >= 0.3 is 0 Å². The molecule has 1 aromatic carbocycles. The molecule has 1 heterocycles. The Bertz CT molecular complexity index is 958. The number of nitrogens with zero attached hydrogens (tertiary/aromatic N) is 3. The van der Waals surface area contributed by atoms with Gasteiger partial charge in [0.2, 0.25) is 15.9 Å². The number of methoxy groups -OCH3 is 1. The fourth-order valence-corrected chi connectivity index (χ4v) is 7.45. The SMILES string of the molecule is COc1cc(C)c(S(=O)(=O)N(C)CCC(=O)NC2CCC(N3CCC(CN(C)C)CC3)CC2)c(C)c1. The zero-order valence-corrected chi connectivity index (χ0v) is 23.9. The van der Waals surface area contributed by atoms with Gasteiger partial charge in [0.15, 0.2) is 0 Å². The Morgan fingerprint density at radius 2 is 1.61 bits per heavy atom. The van der Waals surface area contributed by atoms with Crippen LogP contribution in [0.3, 0.4) is 0 Å². The minimum absolute atomic E-state index is 0.0758. The van der Waals surface area contributed by atoms with Crippen LogP contribution in [0.5, 0.6) is 5.75 Å². The maximum Gasteiger partial charge on any atom is 0.243 e. The van der Waals surface area contributed by atoms with E-state index in [1.165, 1.54) is 36.8 Å². The first-order valence-corrected chi connectivity index (χ1v) is 14.7. The number of carbonyl (C=O) groups is 1. The van der Waals surface area contributed by atoms with Gasteiger partial charge < -0.3 is 19.9 Å². The summed E-state index contributed by atoms with van der Waals surface area (Å²) in [6.45, 7) is 7.25. The molecule has 0 unspecified atom stereocenters. The molecule has 1 aromatic rings. The summed E-state index contributed by atoms with van der Waals surface area (Å²) in [6.07, 6.45) is 6.94. The fraction of sp³-hybridized carbons (Fsp3) is 0.741. The molecule has 1 saturated carbocycles. The van der Waals surface area contributed by atoms with Crippen LogP contribution in [0, 0.1) is 19.8 Å². The monoisotopic (exact) mass is 522 g/mol. The highest BCUT2D eigenvalue weighted by Crippen LogP contribution is 2.29. The second-order valence-corrected chi connectivity index (χ2v) is 13.0. The van der Waals surface area contributed by atoms with Gasteiger partial charge in [-0.2, -0.15) is 0 Å². The van der Waals surface area contributed by atoms with Crippen LogP contribution in [0.1, 0.15) is 56.1 Å². The molecule has 0 spiro atoms. The Labute approximate surface area is 218 Å². The lowest BCUT2D eigenvalue weighted by molar-refractivity contribution is -0.122. The van der Waals surface area contributed by atoms with Crippen molar-refractivity contribution in [2.75, 3.05) is 54.4 Å². The summed E-state index contributed by atoms with van der Waals surface area (Å²) in [5.41, 5.74) is 1.28. The number of carbonyl (C=O) groups excluding carboxylic acids is 1. The topological polar surface area (TPSA) is 82.2 Å². The number of rotatable bonds is 10. The van der Waals surface area contributed by atoms with Crippen molar-refractivity contribution in [3.8, 4) is 5.75 Å². The standard InChI is InChI=1S/C27H46N4O4S/c1-20-17-25(35-6)18-21(2)27(20)36(33,34)30(5)14-13-26(32)28-23-7-9-24(10-8-23)31-15-11-22(12-16-31)19-29(3)4/h17-18,22-24H,7-16,19H2,1-6H3,(H,28,32). The van der Waals surface area contributed by atoms with Crippen LogP contribution in [-0.4, -0.2) is 94.9 Å². The van der Waals surface area contributed by atoms with E-state index in [2.05, 4.69) is 29.2 Å². The molecule has 1 saturated heterocycles. The molecule has 9 heteroatoms. The van der Waals surface area contributed by atoms with Crippen molar-refractivity contribution in [1.29, 1.82) is 0 Å². The van der Waals surface area contributed by atoms with Gasteiger partial charge in [-0.3, -0.25) is 4.79 Å². The fourth-order valence-electron chi connectivity index (χ4n) is 5.87. The number of likely N-dealkylation sites (tertiary alicyclic amines) is 1. The van der Waals surface area contributed by atoms with Gasteiger partial charge in [-0.05, 0) is 109 Å². The lowest BCUT2D eigenvalue weighted by atomic mass is 9.87. The number of benzene rings is 1. The largest absolute Gasteiger partial charge is 0.497 e. The lowest BCUT2D eigenvalue weighted by Gasteiger charge is -2.41. The summed E-state index contributed by atoms with van der Waals surface area (Å²) in [7, 11) is 3.72. The van der Waals surface area contributed by atoms with E-state index in [0.717, 1.165) is 31.6 Å². The van der Waals surface area contributed by atoms with Crippen LogP contribution in [0.25, 0.3) is 0 Å². The minimum Gasteiger partial charge on any atom is -0.497 e. The normalized spacial score (nSPS) is 22.2. The average Bonchev–Trinajstić information content (AvgIpc) is 2.82. The van der Waals surface area contributed by atoms with Gasteiger partial charge in [-0.1, -0.05) is 0 Å². The smallest absolute Gasteiger partial charge is 0.243 e. The Morgan fingerprint density at radius 1 is 1.03 bits per heavy atom. The van der Waals surface area contributed by atoms with E-state index in [9.17, 15) is 13.2 Å². The first-order chi connectivity index (χ1) is 17.0. The maximum absolute atomic E-state index is 13.2. The van der Waals surface area contributed by atoms with Crippen molar-refractivity contribution in [2.45, 2.75) is 75.8 Å². The number of ether oxygens (including phenoxy) is 1. The van der Waals surface area contributed by atoms with Gasteiger partial charge in [0.05, 0.1) is 12.0 Å². The quantitative estimate of drug-likeness (QED) is 0.509. The predicted octanol–water partition coefficient (Wildman–Crippen LogP) is 3.02. The van der Waals surface area contributed by atoms with Crippen molar-refractivity contribution in [3.05, 3.63) is 23.3 Å². The van der Waals surface area contributed by atoms with Gasteiger partial charge in [-0.25, -0.2) is 12.7 Å². The first-order valence-electron chi connectivity index (χ1n) is 13.3. The van der Waals surface area contributed by atoms with Gasteiger partial charge in [0.1, 0.15) is 5.75 Å². The second kappa shape index (κ2) is 12.7. The highest BCUT2D eigenvalue weighted by atomic mass is 32.2. The Kier molecular flexibility index (Phi) is 10.2. The van der Waals surface area contributed by atoms with E-state index < -0.39 is 10.0 Å². The second-order valence-electron chi connectivity index (χ2n) is 11.0. The van der Waals surface area contributed by atoms with Crippen molar-refractivity contribution in [2.24, 2.45) is 5.92 Å². The van der Waals surface area contributed by atoms with Crippen LogP contribution in [-0.2, 0) is 14.8 Å². The third kappa shape index (κ3) is 7.43. The van der Waals surface area contributed by atoms with Crippen LogP contribution < -0.4 is 10.1 Å². The Hall–Kier alpha value is -1.68. The number of amides is 1. The molecule has 2 fully saturated rings. The lowest BCUT2D eigenvalue weighted by Crippen LogP contribution is -2.47. The van der Waals surface area contributed by atoms with Crippen LogP contribution in [0.2, 0.25) is 0 Å². The number of hydrogen-bond donors (Lipinski definition) is 1. The molecule has 36 heavy (non-hydrogen) atoms. The molecule has 1 amide bonds. The highest BCUT2D eigenvalue weighted by Gasteiger charge is 2.30. The minimum atomic E-state index is -3.70. The molecule has 0 radical (unpaired) electrons. The van der Waals surface area contributed by atoms with E-state index >= 15 is 0 Å². The average molecular weight is 523 g/mol. The van der Waals surface area contributed by atoms with E-state index in [-0.39, 0.29) is 29.8 Å². The molecule has 204 valence electrons. The van der Waals surface area contributed by atoms with Crippen molar-refractivity contribution in [1.82, 2.24) is 19.4 Å². The van der Waals surface area contributed by atoms with Crippen molar-refractivity contribution in [3.63, 3.8) is 0 Å². The molecule has 1 aliphatic carbocycles. The molecule has 2 aliphatic rings. The van der Waals surface area contributed by atoms with E-state index in [1.54, 1.807) is 40.1 Å². The number of sulfonamides is 1. The first kappa shape index (κ1) is 28.9. The molecule has 0 bridgehead atoms. The summed E-state index contributed by atoms with van der Waals surface area (Å²) in [5, 5.41) is 3.15. The Balaban J connectivity index is 1.43. The zero-order valence-electron chi connectivity index (χ0n) is 23.0.